The first-order chi connectivity index (χ1) is 12.1. The Morgan fingerprint density at radius 1 is 1.12 bits per heavy atom. The summed E-state index contributed by atoms with van der Waals surface area (Å²) in [5.41, 5.74) is 4.24. The van der Waals surface area contributed by atoms with Crippen molar-refractivity contribution in [3.63, 3.8) is 0 Å². The van der Waals surface area contributed by atoms with Gasteiger partial charge in [0.05, 0.1) is 13.7 Å². The molecule has 0 heterocycles. The maximum absolute atomic E-state index is 12.6. The third-order valence-electron chi connectivity index (χ3n) is 4.72. The summed E-state index contributed by atoms with van der Waals surface area (Å²) in [7, 11) is 1.69. The summed E-state index contributed by atoms with van der Waals surface area (Å²) in [6, 6.07) is 14.6. The predicted molar refractivity (Wildman–Crippen MR) is 101 cm³/mol. The van der Waals surface area contributed by atoms with Crippen LogP contribution in [0.25, 0.3) is 0 Å². The third-order valence-corrected chi connectivity index (χ3v) is 4.72. The molecule has 0 saturated heterocycles. The molecule has 4 heteroatoms. The van der Waals surface area contributed by atoms with E-state index < -0.39 is 0 Å². The summed E-state index contributed by atoms with van der Waals surface area (Å²) in [5.74, 6) is 0.919. The first kappa shape index (κ1) is 17.5. The lowest BCUT2D eigenvalue weighted by Crippen LogP contribution is -2.34. The van der Waals surface area contributed by atoms with E-state index in [2.05, 4.69) is 16.3 Å². The van der Waals surface area contributed by atoms with Gasteiger partial charge < -0.3 is 10.1 Å². The first-order valence-electron chi connectivity index (χ1n) is 8.80. The van der Waals surface area contributed by atoms with Gasteiger partial charge in [-0.3, -0.25) is 9.69 Å². The monoisotopic (exact) mass is 338 g/mol. The SMILES string of the molecule is COc1ccccc1CN(CC(=O)Nc1c(C)cccc1C)C1CC1. The Morgan fingerprint density at radius 2 is 1.80 bits per heavy atom. The van der Waals surface area contributed by atoms with Crippen molar-refractivity contribution in [2.24, 2.45) is 0 Å². The fraction of sp³-hybridized carbons (Fsp3) is 0.381. The molecule has 0 radical (unpaired) electrons. The number of ether oxygens (including phenoxy) is 1. The highest BCUT2D eigenvalue weighted by Crippen LogP contribution is 2.30. The van der Waals surface area contributed by atoms with Crippen LogP contribution in [-0.2, 0) is 11.3 Å². The number of anilines is 1. The van der Waals surface area contributed by atoms with Crippen molar-refractivity contribution in [3.8, 4) is 5.75 Å². The van der Waals surface area contributed by atoms with Crippen molar-refractivity contribution in [2.75, 3.05) is 19.0 Å². The van der Waals surface area contributed by atoms with Gasteiger partial charge in [0.15, 0.2) is 0 Å². The van der Waals surface area contributed by atoms with Gasteiger partial charge in [0.2, 0.25) is 5.91 Å². The largest absolute Gasteiger partial charge is 0.496 e. The normalized spacial score (nSPS) is 13.8. The Hall–Kier alpha value is -2.33. The fourth-order valence-corrected chi connectivity index (χ4v) is 3.18. The molecular formula is C21H26N2O2. The Kier molecular flexibility index (Phi) is 5.39. The quantitative estimate of drug-likeness (QED) is 0.832. The Labute approximate surface area is 149 Å². The van der Waals surface area contributed by atoms with Gasteiger partial charge in [-0.2, -0.15) is 0 Å². The summed E-state index contributed by atoms with van der Waals surface area (Å²) in [6.45, 7) is 5.18. The number of amides is 1. The molecule has 2 aromatic carbocycles. The number of hydrogen-bond donors (Lipinski definition) is 1. The number of aryl methyl sites for hydroxylation is 2. The maximum Gasteiger partial charge on any atom is 0.238 e. The van der Waals surface area contributed by atoms with Gasteiger partial charge in [-0.15, -0.1) is 0 Å². The van der Waals surface area contributed by atoms with Crippen LogP contribution < -0.4 is 10.1 Å². The molecule has 1 fully saturated rings. The Balaban J connectivity index is 1.69. The highest BCUT2D eigenvalue weighted by Gasteiger charge is 2.31. The van der Waals surface area contributed by atoms with Crippen molar-refractivity contribution in [1.82, 2.24) is 4.90 Å². The van der Waals surface area contributed by atoms with E-state index in [1.54, 1.807) is 7.11 Å². The van der Waals surface area contributed by atoms with Crippen molar-refractivity contribution < 1.29 is 9.53 Å². The number of nitrogens with zero attached hydrogens (tertiary/aromatic N) is 1. The van der Waals surface area contributed by atoms with Crippen molar-refractivity contribution in [3.05, 3.63) is 59.2 Å². The van der Waals surface area contributed by atoms with E-state index in [-0.39, 0.29) is 5.91 Å². The van der Waals surface area contributed by atoms with Gasteiger partial charge in [-0.1, -0.05) is 36.4 Å². The molecule has 1 N–H and O–H groups in total. The van der Waals surface area contributed by atoms with E-state index in [1.165, 1.54) is 0 Å². The van der Waals surface area contributed by atoms with E-state index in [0.717, 1.165) is 47.5 Å². The number of methoxy groups -OCH3 is 1. The molecule has 0 unspecified atom stereocenters. The van der Waals surface area contributed by atoms with Gasteiger partial charge in [0, 0.05) is 23.8 Å². The third kappa shape index (κ3) is 4.40. The number of carbonyl (C=O) groups excluding carboxylic acids is 1. The molecule has 1 amide bonds. The summed E-state index contributed by atoms with van der Waals surface area (Å²) in [5, 5.41) is 3.09. The highest BCUT2D eigenvalue weighted by atomic mass is 16.5. The number of hydrogen-bond acceptors (Lipinski definition) is 3. The fourth-order valence-electron chi connectivity index (χ4n) is 3.18. The second kappa shape index (κ2) is 7.70. The minimum Gasteiger partial charge on any atom is -0.496 e. The van der Waals surface area contributed by atoms with E-state index >= 15 is 0 Å². The average Bonchev–Trinajstić information content (AvgIpc) is 3.43. The molecule has 3 rings (SSSR count). The average molecular weight is 338 g/mol. The molecule has 132 valence electrons. The van der Waals surface area contributed by atoms with Crippen LogP contribution in [0.4, 0.5) is 5.69 Å². The molecule has 0 aromatic heterocycles. The van der Waals surface area contributed by atoms with Crippen molar-refractivity contribution in [2.45, 2.75) is 39.3 Å². The number of nitrogens with one attached hydrogen (secondary N) is 1. The zero-order valence-corrected chi connectivity index (χ0v) is 15.2. The summed E-state index contributed by atoms with van der Waals surface area (Å²) in [6.07, 6.45) is 2.32. The minimum absolute atomic E-state index is 0.0409. The molecule has 4 nitrogen and oxygen atoms in total. The smallest absolute Gasteiger partial charge is 0.238 e. The number of rotatable bonds is 7. The van der Waals surface area contributed by atoms with Gasteiger partial charge in [-0.25, -0.2) is 0 Å². The van der Waals surface area contributed by atoms with Crippen molar-refractivity contribution >= 4 is 11.6 Å². The van der Waals surface area contributed by atoms with Gasteiger partial charge in [-0.05, 0) is 43.9 Å². The molecule has 0 spiro atoms. The van der Waals surface area contributed by atoms with Crippen LogP contribution in [-0.4, -0.2) is 30.5 Å². The van der Waals surface area contributed by atoms with Crippen molar-refractivity contribution in [1.29, 1.82) is 0 Å². The van der Waals surface area contributed by atoms with Gasteiger partial charge in [0.25, 0.3) is 0 Å². The van der Waals surface area contributed by atoms with Crippen LogP contribution in [0.15, 0.2) is 42.5 Å². The van der Waals surface area contributed by atoms with Crippen LogP contribution in [0.5, 0.6) is 5.75 Å². The lowest BCUT2D eigenvalue weighted by Gasteiger charge is -2.23. The van der Waals surface area contributed by atoms with Crippen LogP contribution in [0.3, 0.4) is 0 Å². The Bertz CT molecular complexity index is 733. The van der Waals surface area contributed by atoms with E-state index in [4.69, 9.17) is 4.74 Å². The lowest BCUT2D eigenvalue weighted by atomic mass is 10.1. The number of carbonyl (C=O) groups is 1. The molecule has 25 heavy (non-hydrogen) atoms. The molecule has 0 atom stereocenters. The molecule has 1 saturated carbocycles. The molecule has 0 aliphatic heterocycles. The second-order valence-corrected chi connectivity index (χ2v) is 6.76. The molecule has 2 aromatic rings. The van der Waals surface area contributed by atoms with Crippen LogP contribution >= 0.6 is 0 Å². The lowest BCUT2D eigenvalue weighted by molar-refractivity contribution is -0.117. The topological polar surface area (TPSA) is 41.6 Å². The number of benzene rings is 2. The minimum atomic E-state index is 0.0409. The predicted octanol–water partition coefficient (Wildman–Crippen LogP) is 3.92. The van der Waals surface area contributed by atoms with E-state index in [0.29, 0.717) is 12.6 Å². The van der Waals surface area contributed by atoms with Gasteiger partial charge in [0.1, 0.15) is 5.75 Å². The summed E-state index contributed by atoms with van der Waals surface area (Å²) in [4.78, 5) is 14.9. The van der Waals surface area contributed by atoms with Crippen LogP contribution in [0, 0.1) is 13.8 Å². The molecule has 1 aliphatic carbocycles. The first-order valence-corrected chi connectivity index (χ1v) is 8.80. The Morgan fingerprint density at radius 3 is 2.44 bits per heavy atom. The van der Waals surface area contributed by atoms with Crippen LogP contribution in [0.2, 0.25) is 0 Å². The molecule has 1 aliphatic rings. The van der Waals surface area contributed by atoms with Gasteiger partial charge >= 0.3 is 0 Å². The summed E-state index contributed by atoms with van der Waals surface area (Å²) >= 11 is 0. The zero-order chi connectivity index (χ0) is 17.8. The van der Waals surface area contributed by atoms with E-state index in [1.807, 2.05) is 50.2 Å². The highest BCUT2D eigenvalue weighted by molar-refractivity contribution is 5.93. The van der Waals surface area contributed by atoms with Crippen LogP contribution in [0.1, 0.15) is 29.5 Å². The molecular weight excluding hydrogens is 312 g/mol. The maximum atomic E-state index is 12.6. The number of para-hydroxylation sites is 2. The second-order valence-electron chi connectivity index (χ2n) is 6.76. The van der Waals surface area contributed by atoms with E-state index in [9.17, 15) is 4.79 Å². The molecule has 0 bridgehead atoms. The standard InChI is InChI=1S/C21H26N2O2/c1-15-7-6-8-16(2)21(15)22-20(24)14-23(18-11-12-18)13-17-9-4-5-10-19(17)25-3/h4-10,18H,11-14H2,1-3H3,(H,22,24). The summed E-state index contributed by atoms with van der Waals surface area (Å²) < 4.78 is 5.45. The zero-order valence-electron chi connectivity index (χ0n) is 15.2.